The van der Waals surface area contributed by atoms with Crippen molar-refractivity contribution in [2.75, 3.05) is 52.4 Å². The lowest BCUT2D eigenvalue weighted by Gasteiger charge is -2.47. The van der Waals surface area contributed by atoms with Crippen molar-refractivity contribution in [3.05, 3.63) is 118 Å². The summed E-state index contributed by atoms with van der Waals surface area (Å²) in [5.41, 5.74) is -1.30. The number of nitrogens with one attached hydrogen (secondary N) is 2. The first-order valence-corrected chi connectivity index (χ1v) is 19.9. The van der Waals surface area contributed by atoms with Gasteiger partial charge in [0, 0.05) is 77.9 Å². The van der Waals surface area contributed by atoms with Crippen LogP contribution in [0, 0.1) is 5.41 Å². The van der Waals surface area contributed by atoms with Crippen molar-refractivity contribution >= 4 is 0 Å². The number of piperazine rings is 2. The first kappa shape index (κ1) is 42.6. The Hall–Kier alpha value is -4.03. The maximum atomic E-state index is 15.8. The lowest BCUT2D eigenvalue weighted by Crippen LogP contribution is -2.53. The zero-order valence-electron chi connectivity index (χ0n) is 34.3. The third-order valence-corrected chi connectivity index (χ3v) is 11.2. The number of halogens is 5. The Labute approximate surface area is 334 Å². The molecule has 0 aromatic heterocycles. The topological polar surface area (TPSA) is 49.0 Å². The van der Waals surface area contributed by atoms with Crippen LogP contribution >= 0.6 is 0 Å². The molecule has 4 aromatic carbocycles. The van der Waals surface area contributed by atoms with Gasteiger partial charge in [-0.1, -0.05) is 84.0 Å². The molecule has 2 fully saturated rings. The average molecular weight is 793 g/mol. The fourth-order valence-corrected chi connectivity index (χ4v) is 8.30. The number of nitrogens with zero attached hydrogens (tertiary/aromatic N) is 2. The molecule has 2 saturated heterocycles. The Morgan fingerprint density at radius 1 is 0.526 bits per heavy atom. The number of benzene rings is 4. The third kappa shape index (κ3) is 9.65. The van der Waals surface area contributed by atoms with E-state index in [2.05, 4.69) is 53.3 Å². The van der Waals surface area contributed by atoms with Crippen LogP contribution in [0.1, 0.15) is 81.8 Å². The summed E-state index contributed by atoms with van der Waals surface area (Å²) in [6.45, 7) is 20.5. The third-order valence-electron chi connectivity index (χ3n) is 11.2. The van der Waals surface area contributed by atoms with Gasteiger partial charge in [-0.3, -0.25) is 9.80 Å². The zero-order chi connectivity index (χ0) is 41.2. The molecule has 6 rings (SSSR count). The van der Waals surface area contributed by atoms with Crippen LogP contribution in [0.4, 0.5) is 22.0 Å². The van der Waals surface area contributed by atoms with E-state index in [1.54, 1.807) is 39.0 Å². The molecule has 0 radical (unpaired) electrons. The lowest BCUT2D eigenvalue weighted by molar-refractivity contribution is -0.204. The first-order valence-electron chi connectivity index (χ1n) is 19.9. The molecule has 2 heterocycles. The summed E-state index contributed by atoms with van der Waals surface area (Å²) in [5, 5.41) is 6.67. The fraction of sp³-hybridized carbons (Fsp3) is 0.478. The second-order valence-electron chi connectivity index (χ2n) is 17.6. The highest BCUT2D eigenvalue weighted by Crippen LogP contribution is 2.57. The molecule has 0 aliphatic carbocycles. The van der Waals surface area contributed by atoms with E-state index >= 15 is 13.2 Å². The van der Waals surface area contributed by atoms with Crippen LogP contribution in [0.15, 0.2) is 84.9 Å². The van der Waals surface area contributed by atoms with Crippen molar-refractivity contribution in [3.8, 4) is 23.0 Å². The van der Waals surface area contributed by atoms with Crippen LogP contribution in [-0.4, -0.2) is 68.3 Å². The molecule has 0 amide bonds. The molecule has 2 aliphatic rings. The molecule has 0 saturated carbocycles. The summed E-state index contributed by atoms with van der Waals surface area (Å²) in [6, 6.07) is 22.7. The standard InChI is InChI=1S/C46H57F5N4O2/c1-42(2,3)38-28-32(30-54-24-20-52-21-25-54)8-18-40(38)56-36-14-10-34(11-15-36)45(43(4,5)6,46(49,50)51)35-12-16-37(17-13-35)57-41-19-9-33(29-39(41)44(7,47)48)31-55-26-22-53-23-27-55/h8-19,28-29,52-53H,20-27,30-31H2,1-7H3. The van der Waals surface area contributed by atoms with E-state index in [4.69, 9.17) is 9.47 Å². The maximum Gasteiger partial charge on any atom is 0.402 e. The number of alkyl halides is 5. The summed E-state index contributed by atoms with van der Waals surface area (Å²) in [5.74, 6) is -2.01. The van der Waals surface area contributed by atoms with Crippen LogP contribution in [0.25, 0.3) is 0 Å². The zero-order valence-corrected chi connectivity index (χ0v) is 34.3. The summed E-state index contributed by atoms with van der Waals surface area (Å²) in [7, 11) is 0. The molecule has 0 spiro atoms. The molecular weight excluding hydrogens is 736 g/mol. The molecule has 2 N–H and O–H groups in total. The van der Waals surface area contributed by atoms with E-state index in [1.807, 2.05) is 6.07 Å². The monoisotopic (exact) mass is 792 g/mol. The van der Waals surface area contributed by atoms with Gasteiger partial charge in [0.25, 0.3) is 5.92 Å². The number of rotatable bonds is 11. The van der Waals surface area contributed by atoms with Crippen LogP contribution in [0.3, 0.4) is 0 Å². The highest BCUT2D eigenvalue weighted by atomic mass is 19.4. The summed E-state index contributed by atoms with van der Waals surface area (Å²) in [4.78, 5) is 4.61. The Morgan fingerprint density at radius 3 is 1.26 bits per heavy atom. The molecule has 57 heavy (non-hydrogen) atoms. The molecular formula is C46H57F5N4O2. The molecule has 1 atom stereocenters. The van der Waals surface area contributed by atoms with Gasteiger partial charge in [-0.05, 0) is 75.5 Å². The van der Waals surface area contributed by atoms with Gasteiger partial charge in [-0.25, -0.2) is 8.78 Å². The number of hydrogen-bond acceptors (Lipinski definition) is 6. The summed E-state index contributed by atoms with van der Waals surface area (Å²) in [6.07, 6.45) is -4.71. The minimum absolute atomic E-state index is 0.00558. The minimum atomic E-state index is -4.71. The van der Waals surface area contributed by atoms with Crippen LogP contribution in [0.2, 0.25) is 0 Å². The Balaban J connectivity index is 1.27. The molecule has 308 valence electrons. The van der Waals surface area contributed by atoms with Gasteiger partial charge in [-0.2, -0.15) is 13.2 Å². The van der Waals surface area contributed by atoms with E-state index in [9.17, 15) is 8.78 Å². The number of hydrogen-bond donors (Lipinski definition) is 2. The van der Waals surface area contributed by atoms with E-state index in [-0.39, 0.29) is 33.6 Å². The average Bonchev–Trinajstić information content (AvgIpc) is 3.13. The van der Waals surface area contributed by atoms with Gasteiger partial charge in [0.2, 0.25) is 0 Å². The predicted molar refractivity (Wildman–Crippen MR) is 217 cm³/mol. The quantitative estimate of drug-likeness (QED) is 0.148. The summed E-state index contributed by atoms with van der Waals surface area (Å²) >= 11 is 0. The first-order chi connectivity index (χ1) is 26.8. The van der Waals surface area contributed by atoms with Gasteiger partial charge in [-0.15, -0.1) is 0 Å². The molecule has 0 bridgehead atoms. The van der Waals surface area contributed by atoms with Crippen molar-refractivity contribution in [1.82, 2.24) is 20.4 Å². The van der Waals surface area contributed by atoms with Crippen LogP contribution in [0.5, 0.6) is 23.0 Å². The van der Waals surface area contributed by atoms with E-state index in [1.165, 1.54) is 54.1 Å². The van der Waals surface area contributed by atoms with Crippen molar-refractivity contribution in [3.63, 3.8) is 0 Å². The van der Waals surface area contributed by atoms with Crippen molar-refractivity contribution in [2.45, 2.75) is 84.5 Å². The normalized spacial score (nSPS) is 17.6. The second-order valence-corrected chi connectivity index (χ2v) is 17.6. The smallest absolute Gasteiger partial charge is 0.402 e. The Kier molecular flexibility index (Phi) is 12.5. The van der Waals surface area contributed by atoms with Gasteiger partial charge in [0.1, 0.15) is 28.4 Å². The van der Waals surface area contributed by atoms with Crippen LogP contribution < -0.4 is 20.1 Å². The van der Waals surface area contributed by atoms with Crippen molar-refractivity contribution < 1.29 is 31.4 Å². The molecule has 2 aliphatic heterocycles. The van der Waals surface area contributed by atoms with Gasteiger partial charge < -0.3 is 20.1 Å². The molecule has 1 unspecified atom stereocenters. The lowest BCUT2D eigenvalue weighted by atomic mass is 9.58. The molecule has 6 nitrogen and oxygen atoms in total. The number of ether oxygens (including phenoxy) is 2. The predicted octanol–water partition coefficient (Wildman–Crippen LogP) is 10.4. The van der Waals surface area contributed by atoms with Crippen molar-refractivity contribution in [2.24, 2.45) is 5.41 Å². The molecule has 11 heteroatoms. The van der Waals surface area contributed by atoms with Gasteiger partial charge in [0.05, 0.1) is 5.56 Å². The van der Waals surface area contributed by atoms with Gasteiger partial charge >= 0.3 is 6.18 Å². The van der Waals surface area contributed by atoms with E-state index in [0.29, 0.717) is 18.0 Å². The highest BCUT2D eigenvalue weighted by molar-refractivity contribution is 5.50. The van der Waals surface area contributed by atoms with E-state index < -0.39 is 22.9 Å². The summed E-state index contributed by atoms with van der Waals surface area (Å²) < 4.78 is 89.5. The van der Waals surface area contributed by atoms with Crippen LogP contribution in [-0.2, 0) is 29.8 Å². The van der Waals surface area contributed by atoms with Gasteiger partial charge in [0.15, 0.2) is 0 Å². The fourth-order valence-electron chi connectivity index (χ4n) is 8.30. The Bertz CT molecular complexity index is 1810. The van der Waals surface area contributed by atoms with E-state index in [0.717, 1.165) is 77.0 Å². The molecule has 4 aromatic rings. The van der Waals surface area contributed by atoms with Crippen molar-refractivity contribution in [1.29, 1.82) is 0 Å². The minimum Gasteiger partial charge on any atom is -0.457 e. The highest BCUT2D eigenvalue weighted by Gasteiger charge is 2.63. The Morgan fingerprint density at radius 2 is 0.912 bits per heavy atom. The maximum absolute atomic E-state index is 15.8. The largest absolute Gasteiger partial charge is 0.457 e. The SMILES string of the molecule is CC(C)(C)c1cc(CN2CCNCC2)ccc1Oc1ccc(C(c2ccc(Oc3ccc(CN4CCNCC4)cc3C(C)(F)F)cc2)(C(C)(C)C)C(F)(F)F)cc1. The second kappa shape index (κ2) is 16.7.